The molecule has 0 aliphatic heterocycles. The molecule has 0 radical (unpaired) electrons. The Morgan fingerprint density at radius 2 is 1.82 bits per heavy atom. The number of carbonyl (C=O) groups excluding carboxylic acids is 2. The molecule has 0 heterocycles. The van der Waals surface area contributed by atoms with Gasteiger partial charge in [-0.1, -0.05) is 13.8 Å². The zero-order valence-electron chi connectivity index (χ0n) is 15.8. The Morgan fingerprint density at radius 1 is 1.21 bits per heavy atom. The molecule has 0 aromatic heterocycles. The van der Waals surface area contributed by atoms with Crippen LogP contribution in [0.3, 0.4) is 0 Å². The average Bonchev–Trinajstić information content (AvgIpc) is 2.58. The lowest BCUT2D eigenvalue weighted by Crippen LogP contribution is -2.48. The molecule has 28 heavy (non-hydrogen) atoms. The van der Waals surface area contributed by atoms with Crippen molar-refractivity contribution in [3.05, 3.63) is 29.8 Å². The summed E-state index contributed by atoms with van der Waals surface area (Å²) < 4.78 is 42.7. The van der Waals surface area contributed by atoms with Gasteiger partial charge in [0.15, 0.2) is 8.38 Å². The Kier molecular flexibility index (Phi) is 9.64. The van der Waals surface area contributed by atoms with Gasteiger partial charge in [-0.15, -0.1) is 0 Å². The highest BCUT2D eigenvalue weighted by Crippen LogP contribution is 2.30. The van der Waals surface area contributed by atoms with Crippen LogP contribution in [0.25, 0.3) is 0 Å². The number of nitrogens with one attached hydrogen (secondary N) is 3. The normalized spacial score (nSPS) is 13.7. The molecule has 0 bridgehead atoms. The molecule has 0 aliphatic carbocycles. The summed E-state index contributed by atoms with van der Waals surface area (Å²) in [6.07, 6.45) is -4.20. The lowest BCUT2D eigenvalue weighted by Gasteiger charge is -2.21. The summed E-state index contributed by atoms with van der Waals surface area (Å²) in [7, 11) is -1.78. The van der Waals surface area contributed by atoms with Gasteiger partial charge in [-0.05, 0) is 43.5 Å². The molecule has 0 saturated heterocycles. The number of amides is 3. The van der Waals surface area contributed by atoms with Crippen LogP contribution in [-0.2, 0) is 15.5 Å². The first-order valence-electron chi connectivity index (χ1n) is 8.64. The van der Waals surface area contributed by atoms with Crippen LogP contribution < -0.4 is 16.0 Å². The number of hydrogen-bond donors (Lipinski definition) is 4. The third-order valence-corrected chi connectivity index (χ3v) is 4.45. The summed E-state index contributed by atoms with van der Waals surface area (Å²) in [5.74, 6) is -0.401. The van der Waals surface area contributed by atoms with Gasteiger partial charge in [0.1, 0.15) is 6.04 Å². The van der Waals surface area contributed by atoms with Crippen LogP contribution in [0.4, 0.5) is 23.7 Å². The lowest BCUT2D eigenvalue weighted by molar-refractivity contribution is -0.137. The van der Waals surface area contributed by atoms with E-state index in [1.54, 1.807) is 6.92 Å². The van der Waals surface area contributed by atoms with Crippen molar-refractivity contribution in [2.24, 2.45) is 5.92 Å². The van der Waals surface area contributed by atoms with Gasteiger partial charge >= 0.3 is 12.2 Å². The predicted octanol–water partition coefficient (Wildman–Crippen LogP) is 3.66. The smallest absolute Gasteiger partial charge is 0.349 e. The van der Waals surface area contributed by atoms with E-state index in [9.17, 15) is 27.7 Å². The second kappa shape index (κ2) is 11.2. The third kappa shape index (κ3) is 8.86. The fraction of sp³-hybridized carbons (Fsp3) is 0.529. The first-order chi connectivity index (χ1) is 13.0. The molecule has 1 rings (SSSR count). The summed E-state index contributed by atoms with van der Waals surface area (Å²) >= 11 is 0. The highest BCUT2D eigenvalue weighted by molar-refractivity contribution is 7.46. The summed E-state index contributed by atoms with van der Waals surface area (Å²) in [6.45, 7) is 5.76. The van der Waals surface area contributed by atoms with Crippen molar-refractivity contribution in [3.8, 4) is 0 Å². The van der Waals surface area contributed by atoms with E-state index >= 15 is 0 Å². The van der Waals surface area contributed by atoms with Gasteiger partial charge in [0.25, 0.3) is 0 Å². The standard InChI is InChI=1S/C17H25F3N3O4P/c1-4-27-28(26)10-21-15(24)14(9-11(2)3)23-16(25)22-13-7-5-12(6-8-13)17(18,19)20/h5-8,11,14,26H,4,9-10H2,1-3H3,(H,21,24)(H2,22,23,25). The van der Waals surface area contributed by atoms with E-state index < -0.39 is 38.1 Å². The summed E-state index contributed by atoms with van der Waals surface area (Å²) in [5, 5.41) is 7.41. The van der Waals surface area contributed by atoms with Gasteiger partial charge in [-0.25, -0.2) is 4.79 Å². The van der Waals surface area contributed by atoms with E-state index in [1.807, 2.05) is 13.8 Å². The highest BCUT2D eigenvalue weighted by Gasteiger charge is 2.30. The van der Waals surface area contributed by atoms with Crippen molar-refractivity contribution in [3.63, 3.8) is 0 Å². The molecule has 0 saturated carbocycles. The third-order valence-electron chi connectivity index (χ3n) is 3.47. The number of alkyl halides is 3. The second-order valence-corrected chi connectivity index (χ2v) is 7.60. The number of halogens is 3. The number of carbonyl (C=O) groups is 2. The largest absolute Gasteiger partial charge is 0.416 e. The zero-order valence-corrected chi connectivity index (χ0v) is 16.7. The maximum Gasteiger partial charge on any atom is 0.416 e. The predicted molar refractivity (Wildman–Crippen MR) is 101 cm³/mol. The molecule has 2 atom stereocenters. The molecule has 0 spiro atoms. The van der Waals surface area contributed by atoms with E-state index in [4.69, 9.17) is 4.52 Å². The first-order valence-corrected chi connectivity index (χ1v) is 10.0. The SMILES string of the molecule is CCOP(O)CNC(=O)C(CC(C)C)NC(=O)Nc1ccc(C(F)(F)F)cc1. The number of hydrogen-bond acceptors (Lipinski definition) is 4. The lowest BCUT2D eigenvalue weighted by atomic mass is 10.0. The van der Waals surface area contributed by atoms with Crippen molar-refractivity contribution in [1.29, 1.82) is 0 Å². The summed E-state index contributed by atoms with van der Waals surface area (Å²) in [6, 6.07) is 2.36. The topological polar surface area (TPSA) is 99.7 Å². The van der Waals surface area contributed by atoms with E-state index in [1.165, 1.54) is 0 Å². The first kappa shape index (κ1) is 24.1. The Bertz CT molecular complexity index is 642. The second-order valence-electron chi connectivity index (χ2n) is 6.32. The Labute approximate surface area is 162 Å². The van der Waals surface area contributed by atoms with E-state index in [0.29, 0.717) is 13.0 Å². The molecular formula is C17H25F3N3O4P. The van der Waals surface area contributed by atoms with Gasteiger partial charge < -0.3 is 25.4 Å². The van der Waals surface area contributed by atoms with Gasteiger partial charge in [0.05, 0.1) is 18.5 Å². The van der Waals surface area contributed by atoms with Gasteiger partial charge in [0.2, 0.25) is 5.91 Å². The van der Waals surface area contributed by atoms with Crippen LogP contribution in [-0.4, -0.2) is 35.8 Å². The minimum Gasteiger partial charge on any atom is -0.349 e. The van der Waals surface area contributed by atoms with E-state index in [2.05, 4.69) is 16.0 Å². The van der Waals surface area contributed by atoms with Crippen molar-refractivity contribution < 1.29 is 32.2 Å². The number of benzene rings is 1. The highest BCUT2D eigenvalue weighted by atomic mass is 31.2. The molecule has 1 aromatic carbocycles. The van der Waals surface area contributed by atoms with E-state index in [-0.39, 0.29) is 17.9 Å². The summed E-state index contributed by atoms with van der Waals surface area (Å²) in [4.78, 5) is 34.0. The maximum absolute atomic E-state index is 12.6. The molecule has 0 fully saturated rings. The van der Waals surface area contributed by atoms with Crippen molar-refractivity contribution in [2.45, 2.75) is 39.4 Å². The maximum atomic E-state index is 12.6. The Balaban J connectivity index is 2.67. The van der Waals surface area contributed by atoms with Crippen molar-refractivity contribution in [1.82, 2.24) is 10.6 Å². The fourth-order valence-electron chi connectivity index (χ4n) is 2.23. The minimum atomic E-state index is -4.46. The monoisotopic (exact) mass is 423 g/mol. The van der Waals surface area contributed by atoms with Crippen molar-refractivity contribution >= 4 is 26.0 Å². The van der Waals surface area contributed by atoms with Crippen LogP contribution in [0, 0.1) is 5.92 Å². The van der Waals surface area contributed by atoms with Crippen LogP contribution in [0.15, 0.2) is 24.3 Å². The van der Waals surface area contributed by atoms with Crippen LogP contribution in [0.5, 0.6) is 0 Å². The summed E-state index contributed by atoms with van der Waals surface area (Å²) in [5.41, 5.74) is -0.672. The van der Waals surface area contributed by atoms with E-state index in [0.717, 1.165) is 24.3 Å². The van der Waals surface area contributed by atoms with Gasteiger partial charge in [-0.2, -0.15) is 13.2 Å². The van der Waals surface area contributed by atoms with Crippen LogP contribution in [0.1, 0.15) is 32.8 Å². The average molecular weight is 423 g/mol. The molecule has 11 heteroatoms. The number of anilines is 1. The molecule has 0 aliphatic rings. The molecule has 7 nitrogen and oxygen atoms in total. The minimum absolute atomic E-state index is 0.0706. The number of rotatable bonds is 9. The van der Waals surface area contributed by atoms with Crippen LogP contribution >= 0.6 is 8.38 Å². The molecular weight excluding hydrogens is 398 g/mol. The van der Waals surface area contributed by atoms with Crippen molar-refractivity contribution in [2.75, 3.05) is 18.2 Å². The Hall–Kier alpha value is -1.90. The quantitative estimate of drug-likeness (QED) is 0.456. The molecule has 158 valence electrons. The molecule has 2 unspecified atom stereocenters. The van der Waals surface area contributed by atoms with Crippen LogP contribution in [0.2, 0.25) is 0 Å². The molecule has 4 N–H and O–H groups in total. The number of urea groups is 1. The molecule has 1 aromatic rings. The zero-order chi connectivity index (χ0) is 21.3. The Morgan fingerprint density at radius 3 is 2.32 bits per heavy atom. The van der Waals surface area contributed by atoms with Gasteiger partial charge in [0, 0.05) is 5.69 Å². The molecule has 3 amide bonds. The van der Waals surface area contributed by atoms with Gasteiger partial charge in [-0.3, -0.25) is 4.79 Å². The fourth-order valence-corrected chi connectivity index (χ4v) is 2.91.